The van der Waals surface area contributed by atoms with E-state index in [1.807, 2.05) is 24.3 Å². The van der Waals surface area contributed by atoms with E-state index >= 15 is 0 Å². The van der Waals surface area contributed by atoms with Crippen LogP contribution in [-0.4, -0.2) is 6.10 Å². The van der Waals surface area contributed by atoms with Crippen LogP contribution in [0.25, 0.3) is 5.57 Å². The molecule has 2 aliphatic rings. The summed E-state index contributed by atoms with van der Waals surface area (Å²) < 4.78 is 5.54. The minimum Gasteiger partial charge on any atom is -0.491 e. The molecule has 0 saturated heterocycles. The van der Waals surface area contributed by atoms with Gasteiger partial charge in [0.25, 0.3) is 0 Å². The zero-order valence-electron chi connectivity index (χ0n) is 9.76. The number of ether oxygens (including phenoxy) is 1. The van der Waals surface area contributed by atoms with Crippen LogP contribution in [0, 0.1) is 5.41 Å². The maximum Gasteiger partial charge on any atom is 0.149 e. The van der Waals surface area contributed by atoms with Gasteiger partial charge in [0.2, 0.25) is 0 Å². The van der Waals surface area contributed by atoms with E-state index in [-0.39, 0.29) is 11.5 Å². The van der Waals surface area contributed by atoms with Gasteiger partial charge in [0.15, 0.2) is 0 Å². The molecule has 0 radical (unpaired) electrons. The van der Waals surface area contributed by atoms with E-state index in [1.165, 1.54) is 5.56 Å². The monoisotopic (exact) mass is 225 g/mol. The number of benzene rings is 1. The van der Waals surface area contributed by atoms with Gasteiger partial charge in [0.1, 0.15) is 6.10 Å². The summed E-state index contributed by atoms with van der Waals surface area (Å²) in [6.07, 6.45) is 8.01. The number of hydrogen-bond donors (Lipinski definition) is 1. The molecule has 1 aromatic carbocycles. The van der Waals surface area contributed by atoms with Crippen molar-refractivity contribution in [2.45, 2.75) is 13.0 Å². The fourth-order valence-electron chi connectivity index (χ4n) is 2.49. The van der Waals surface area contributed by atoms with Crippen molar-refractivity contribution in [3.8, 4) is 0 Å². The molecule has 2 nitrogen and oxygen atoms in total. The summed E-state index contributed by atoms with van der Waals surface area (Å²) in [5.41, 5.74) is 9.11. The maximum absolute atomic E-state index is 6.09. The van der Waals surface area contributed by atoms with Crippen LogP contribution < -0.4 is 5.73 Å². The molecule has 86 valence electrons. The van der Waals surface area contributed by atoms with E-state index < -0.39 is 0 Å². The molecule has 2 atom stereocenters. The van der Waals surface area contributed by atoms with Gasteiger partial charge < -0.3 is 10.5 Å². The highest BCUT2D eigenvalue weighted by Crippen LogP contribution is 2.42. The molecule has 0 saturated carbocycles. The molecule has 1 aliphatic carbocycles. The molecule has 2 N–H and O–H groups in total. The molecule has 0 aromatic heterocycles. The third kappa shape index (κ3) is 1.57. The van der Waals surface area contributed by atoms with E-state index in [1.54, 1.807) is 6.26 Å². The summed E-state index contributed by atoms with van der Waals surface area (Å²) in [6.45, 7) is 2.14. The Morgan fingerprint density at radius 1 is 1.24 bits per heavy atom. The van der Waals surface area contributed by atoms with Crippen molar-refractivity contribution in [2.75, 3.05) is 0 Å². The number of fused-ring (bicyclic) bond motifs is 1. The summed E-state index contributed by atoms with van der Waals surface area (Å²) in [5, 5.41) is 0. The molecule has 1 aliphatic heterocycles. The predicted molar refractivity (Wildman–Crippen MR) is 68.8 cm³/mol. The highest BCUT2D eigenvalue weighted by Gasteiger charge is 2.39. The topological polar surface area (TPSA) is 35.2 Å². The van der Waals surface area contributed by atoms with Crippen molar-refractivity contribution in [2.24, 2.45) is 11.1 Å². The summed E-state index contributed by atoms with van der Waals surface area (Å²) >= 11 is 0. The molecule has 0 fully saturated rings. The zero-order valence-corrected chi connectivity index (χ0v) is 9.76. The van der Waals surface area contributed by atoms with Crippen molar-refractivity contribution >= 4 is 5.57 Å². The van der Waals surface area contributed by atoms with E-state index in [0.29, 0.717) is 0 Å². The lowest BCUT2D eigenvalue weighted by atomic mass is 9.77. The highest BCUT2D eigenvalue weighted by atomic mass is 16.5. The average Bonchev–Trinajstić information content (AvgIpc) is 2.72. The summed E-state index contributed by atoms with van der Waals surface area (Å²) in [6, 6.07) is 10.3. The van der Waals surface area contributed by atoms with Crippen molar-refractivity contribution in [1.82, 2.24) is 0 Å². The molecular weight excluding hydrogens is 210 g/mol. The molecule has 1 aromatic rings. The van der Waals surface area contributed by atoms with Gasteiger partial charge in [-0.1, -0.05) is 36.4 Å². The number of allylic oxidation sites excluding steroid dienone is 2. The summed E-state index contributed by atoms with van der Waals surface area (Å²) in [7, 11) is 0. The minimum atomic E-state index is -0.121. The normalized spacial score (nSPS) is 30.3. The lowest BCUT2D eigenvalue weighted by Gasteiger charge is -2.31. The van der Waals surface area contributed by atoms with Crippen LogP contribution in [0.1, 0.15) is 12.5 Å². The van der Waals surface area contributed by atoms with Crippen LogP contribution in [0.15, 0.2) is 60.5 Å². The van der Waals surface area contributed by atoms with Crippen LogP contribution in [0.4, 0.5) is 0 Å². The van der Waals surface area contributed by atoms with Gasteiger partial charge in [0.05, 0.1) is 17.4 Å². The largest absolute Gasteiger partial charge is 0.491 e. The molecule has 0 spiro atoms. The van der Waals surface area contributed by atoms with E-state index in [0.717, 1.165) is 11.3 Å². The Bertz CT molecular complexity index is 527. The van der Waals surface area contributed by atoms with Gasteiger partial charge in [-0.3, -0.25) is 0 Å². The SMILES string of the molecule is CC12C=COC1C(N)=CC(c1ccccc1)=C2. The maximum atomic E-state index is 6.09. The first kappa shape index (κ1) is 10.2. The van der Waals surface area contributed by atoms with Crippen LogP contribution in [0.5, 0.6) is 0 Å². The third-order valence-corrected chi connectivity index (χ3v) is 3.41. The standard InChI is InChI=1S/C15H15NO/c1-15-7-8-17-14(15)13(16)9-12(10-15)11-5-3-2-4-6-11/h2-10,14H,16H2,1H3. The Kier molecular flexibility index (Phi) is 2.11. The van der Waals surface area contributed by atoms with Crippen LogP contribution in [0.2, 0.25) is 0 Å². The highest BCUT2D eigenvalue weighted by molar-refractivity contribution is 5.77. The van der Waals surface area contributed by atoms with E-state index in [4.69, 9.17) is 10.5 Å². The smallest absolute Gasteiger partial charge is 0.149 e. The Balaban J connectivity index is 2.08. The first-order valence-corrected chi connectivity index (χ1v) is 5.77. The molecule has 0 amide bonds. The second-order valence-electron chi connectivity index (χ2n) is 4.79. The fourth-order valence-corrected chi connectivity index (χ4v) is 2.49. The average molecular weight is 225 g/mol. The van der Waals surface area contributed by atoms with Gasteiger partial charge in [-0.05, 0) is 30.2 Å². The Morgan fingerprint density at radius 3 is 2.76 bits per heavy atom. The minimum absolute atomic E-state index is 0.0463. The molecular formula is C15H15NO. The second-order valence-corrected chi connectivity index (χ2v) is 4.79. The molecule has 17 heavy (non-hydrogen) atoms. The first-order chi connectivity index (χ1) is 8.19. The van der Waals surface area contributed by atoms with Gasteiger partial charge in [-0.25, -0.2) is 0 Å². The first-order valence-electron chi connectivity index (χ1n) is 5.77. The van der Waals surface area contributed by atoms with Crippen molar-refractivity contribution in [1.29, 1.82) is 0 Å². The third-order valence-electron chi connectivity index (χ3n) is 3.41. The summed E-state index contributed by atoms with van der Waals surface area (Å²) in [4.78, 5) is 0. The van der Waals surface area contributed by atoms with Gasteiger partial charge in [-0.2, -0.15) is 0 Å². The molecule has 1 heterocycles. The van der Waals surface area contributed by atoms with Crippen molar-refractivity contribution in [3.63, 3.8) is 0 Å². The lowest BCUT2D eigenvalue weighted by Crippen LogP contribution is -2.34. The van der Waals surface area contributed by atoms with Crippen LogP contribution in [0.3, 0.4) is 0 Å². The number of nitrogens with two attached hydrogens (primary N) is 1. The van der Waals surface area contributed by atoms with Crippen molar-refractivity contribution < 1.29 is 4.74 Å². The quantitative estimate of drug-likeness (QED) is 0.797. The Labute approximate surface area is 101 Å². The number of hydrogen-bond acceptors (Lipinski definition) is 2. The van der Waals surface area contributed by atoms with E-state index in [9.17, 15) is 0 Å². The molecule has 3 rings (SSSR count). The van der Waals surface area contributed by atoms with Gasteiger partial charge in [-0.15, -0.1) is 0 Å². The number of rotatable bonds is 1. The molecule has 2 heteroatoms. The molecule has 0 bridgehead atoms. The van der Waals surface area contributed by atoms with Gasteiger partial charge in [0, 0.05) is 0 Å². The van der Waals surface area contributed by atoms with E-state index in [2.05, 4.69) is 31.2 Å². The summed E-state index contributed by atoms with van der Waals surface area (Å²) in [5.74, 6) is 0. The predicted octanol–water partition coefficient (Wildman–Crippen LogP) is 2.85. The Hall–Kier alpha value is -1.96. The van der Waals surface area contributed by atoms with Gasteiger partial charge >= 0.3 is 0 Å². The Morgan fingerprint density at radius 2 is 2.00 bits per heavy atom. The lowest BCUT2D eigenvalue weighted by molar-refractivity contribution is 0.140. The fraction of sp³-hybridized carbons (Fsp3) is 0.200. The molecule has 2 unspecified atom stereocenters. The zero-order chi connectivity index (χ0) is 11.9. The van der Waals surface area contributed by atoms with Crippen molar-refractivity contribution in [3.05, 3.63) is 66.1 Å². The second kappa shape index (κ2) is 3.52. The van der Waals surface area contributed by atoms with Crippen LogP contribution >= 0.6 is 0 Å². The van der Waals surface area contributed by atoms with Crippen LogP contribution in [-0.2, 0) is 4.74 Å².